The zero-order chi connectivity index (χ0) is 21.0. The topological polar surface area (TPSA) is 56.7 Å². The number of hydrogen-bond donors (Lipinski definition) is 2. The van der Waals surface area contributed by atoms with E-state index in [9.17, 15) is 9.18 Å². The molecule has 5 nitrogen and oxygen atoms in total. The lowest BCUT2D eigenvalue weighted by molar-refractivity contribution is -0.128. The van der Waals surface area contributed by atoms with Gasteiger partial charge in [0.2, 0.25) is 5.91 Å². The first-order valence-electron chi connectivity index (χ1n) is 10.6. The molecule has 2 aromatic rings. The van der Waals surface area contributed by atoms with Gasteiger partial charge in [0, 0.05) is 45.1 Å². The van der Waals surface area contributed by atoms with Crippen LogP contribution in [0.3, 0.4) is 0 Å². The van der Waals surface area contributed by atoms with Crippen molar-refractivity contribution in [1.82, 2.24) is 15.5 Å². The van der Waals surface area contributed by atoms with Crippen LogP contribution in [-0.4, -0.2) is 36.9 Å². The third-order valence-corrected chi connectivity index (χ3v) is 6.14. The number of aliphatic imine (C=N–C) groups is 1. The first-order valence-corrected chi connectivity index (χ1v) is 10.6. The van der Waals surface area contributed by atoms with Crippen molar-refractivity contribution < 1.29 is 9.18 Å². The Balaban J connectivity index is 1.27. The number of nitrogens with zero attached hydrogens (tertiary/aromatic N) is 2. The Morgan fingerprint density at radius 3 is 2.47 bits per heavy atom. The predicted octanol–water partition coefficient (Wildman–Crippen LogP) is 3.34. The molecule has 0 unspecified atom stereocenters. The highest BCUT2D eigenvalue weighted by atomic mass is 19.1. The molecule has 2 aromatic carbocycles. The lowest BCUT2D eigenvalue weighted by Gasteiger charge is -2.20. The van der Waals surface area contributed by atoms with Crippen molar-refractivity contribution in [3.05, 3.63) is 71.0 Å². The number of likely N-dealkylation sites (tertiary alicyclic amines) is 1. The average Bonchev–Trinajstić information content (AvgIpc) is 3.45. The molecule has 2 N–H and O–H groups in total. The first kappa shape index (κ1) is 20.4. The Labute approximate surface area is 177 Å². The monoisotopic (exact) mass is 408 g/mol. The smallest absolute Gasteiger partial charge is 0.222 e. The minimum Gasteiger partial charge on any atom is -0.356 e. The number of benzene rings is 2. The van der Waals surface area contributed by atoms with Crippen molar-refractivity contribution in [3.8, 4) is 0 Å². The van der Waals surface area contributed by atoms with Gasteiger partial charge in [-0.2, -0.15) is 0 Å². The molecular formula is C24H29FN4O. The summed E-state index contributed by atoms with van der Waals surface area (Å²) in [6.45, 7) is 2.86. The van der Waals surface area contributed by atoms with Gasteiger partial charge in [0.05, 0.1) is 0 Å². The van der Waals surface area contributed by atoms with Crippen molar-refractivity contribution in [1.29, 1.82) is 0 Å². The molecule has 0 spiro atoms. The molecule has 6 heteroatoms. The molecule has 1 amide bonds. The first-order chi connectivity index (χ1) is 14.6. The van der Waals surface area contributed by atoms with E-state index in [2.05, 4.69) is 39.9 Å². The molecular weight excluding hydrogens is 379 g/mol. The second-order valence-electron chi connectivity index (χ2n) is 8.27. The highest BCUT2D eigenvalue weighted by Crippen LogP contribution is 2.48. The van der Waals surface area contributed by atoms with Gasteiger partial charge in [0.1, 0.15) is 5.82 Å². The Morgan fingerprint density at radius 2 is 1.83 bits per heavy atom. The van der Waals surface area contributed by atoms with Gasteiger partial charge in [-0.3, -0.25) is 9.79 Å². The number of carbonyl (C=O) groups is 1. The molecule has 1 aliphatic carbocycles. The van der Waals surface area contributed by atoms with Crippen LogP contribution in [0.5, 0.6) is 0 Å². The fourth-order valence-electron chi connectivity index (χ4n) is 4.10. The summed E-state index contributed by atoms with van der Waals surface area (Å²) in [4.78, 5) is 18.0. The number of amides is 1. The van der Waals surface area contributed by atoms with Gasteiger partial charge in [-0.15, -0.1) is 0 Å². The summed E-state index contributed by atoms with van der Waals surface area (Å²) < 4.78 is 14.2. The van der Waals surface area contributed by atoms with Crippen LogP contribution in [0.15, 0.2) is 53.5 Å². The van der Waals surface area contributed by atoms with Crippen LogP contribution in [0.1, 0.15) is 42.4 Å². The maximum absolute atomic E-state index is 14.2. The minimum atomic E-state index is -0.129. The maximum atomic E-state index is 14.2. The van der Waals surface area contributed by atoms with E-state index in [1.807, 2.05) is 17.0 Å². The number of nitrogens with one attached hydrogen (secondary N) is 2. The minimum absolute atomic E-state index is 0.127. The molecule has 2 fully saturated rings. The van der Waals surface area contributed by atoms with Gasteiger partial charge in [-0.1, -0.05) is 42.5 Å². The quantitative estimate of drug-likeness (QED) is 0.546. The summed E-state index contributed by atoms with van der Waals surface area (Å²) in [5.41, 5.74) is 2.96. The lowest BCUT2D eigenvalue weighted by Crippen LogP contribution is -2.41. The normalized spacial score (nSPS) is 17.9. The lowest BCUT2D eigenvalue weighted by atomic mass is 9.95. The molecule has 1 heterocycles. The van der Waals surface area contributed by atoms with Crippen LogP contribution in [-0.2, 0) is 23.3 Å². The molecule has 4 rings (SSSR count). The van der Waals surface area contributed by atoms with Crippen LogP contribution in [0.2, 0.25) is 0 Å². The van der Waals surface area contributed by atoms with Crippen molar-refractivity contribution in [2.75, 3.05) is 20.1 Å². The SMILES string of the molecule is CN=C(NCc1ccc(CN2CCCC2=O)cc1)NCC1(c2ccccc2F)CC1. The number of carbonyl (C=O) groups excluding carboxylic acids is 1. The molecule has 1 saturated carbocycles. The third-order valence-electron chi connectivity index (χ3n) is 6.14. The summed E-state index contributed by atoms with van der Waals surface area (Å²) in [7, 11) is 1.74. The molecule has 30 heavy (non-hydrogen) atoms. The fourth-order valence-corrected chi connectivity index (χ4v) is 4.10. The van der Waals surface area contributed by atoms with E-state index in [1.54, 1.807) is 13.1 Å². The van der Waals surface area contributed by atoms with E-state index in [0.717, 1.165) is 42.5 Å². The van der Waals surface area contributed by atoms with E-state index in [1.165, 1.54) is 6.07 Å². The largest absolute Gasteiger partial charge is 0.356 e. The van der Waals surface area contributed by atoms with Crippen LogP contribution in [0.4, 0.5) is 4.39 Å². The van der Waals surface area contributed by atoms with Gasteiger partial charge < -0.3 is 15.5 Å². The Hall–Kier alpha value is -2.89. The second-order valence-corrected chi connectivity index (χ2v) is 8.27. The van der Waals surface area contributed by atoms with Gasteiger partial charge in [-0.25, -0.2) is 4.39 Å². The van der Waals surface area contributed by atoms with Crippen LogP contribution < -0.4 is 10.6 Å². The summed E-state index contributed by atoms with van der Waals surface area (Å²) in [5.74, 6) is 0.833. The molecule has 0 atom stereocenters. The molecule has 2 aliphatic rings. The average molecular weight is 409 g/mol. The maximum Gasteiger partial charge on any atom is 0.222 e. The molecule has 1 saturated heterocycles. The molecule has 0 aromatic heterocycles. The standard InChI is InChI=1S/C24H29FN4O/c1-26-23(28-17-24(12-13-24)20-5-2-3-6-21(20)25)27-15-18-8-10-19(11-9-18)16-29-14-4-7-22(29)30/h2-3,5-6,8-11H,4,7,12-17H2,1H3,(H2,26,27,28). The van der Waals surface area contributed by atoms with Crippen LogP contribution >= 0.6 is 0 Å². The van der Waals surface area contributed by atoms with E-state index in [0.29, 0.717) is 32.0 Å². The molecule has 0 radical (unpaired) electrons. The zero-order valence-corrected chi connectivity index (χ0v) is 17.5. The highest BCUT2D eigenvalue weighted by molar-refractivity contribution is 5.80. The summed E-state index contributed by atoms with van der Waals surface area (Å²) in [5, 5.41) is 6.69. The third kappa shape index (κ3) is 4.64. The zero-order valence-electron chi connectivity index (χ0n) is 17.5. The van der Waals surface area contributed by atoms with E-state index < -0.39 is 0 Å². The summed E-state index contributed by atoms with van der Waals surface area (Å²) in [6, 6.07) is 15.4. The van der Waals surface area contributed by atoms with E-state index in [4.69, 9.17) is 0 Å². The van der Waals surface area contributed by atoms with Gasteiger partial charge in [0.15, 0.2) is 5.96 Å². The van der Waals surface area contributed by atoms with Crippen molar-refractivity contribution in [3.63, 3.8) is 0 Å². The summed E-state index contributed by atoms with van der Waals surface area (Å²) in [6.07, 6.45) is 3.61. The van der Waals surface area contributed by atoms with Crippen LogP contribution in [0.25, 0.3) is 0 Å². The second kappa shape index (κ2) is 8.86. The number of halogens is 1. The van der Waals surface area contributed by atoms with Crippen molar-refractivity contribution >= 4 is 11.9 Å². The number of rotatable bonds is 7. The fraction of sp³-hybridized carbons (Fsp3) is 0.417. The summed E-state index contributed by atoms with van der Waals surface area (Å²) >= 11 is 0. The number of hydrogen-bond acceptors (Lipinski definition) is 2. The van der Waals surface area contributed by atoms with Gasteiger partial charge in [-0.05, 0) is 42.0 Å². The highest BCUT2D eigenvalue weighted by Gasteiger charge is 2.45. The number of guanidine groups is 1. The Morgan fingerprint density at radius 1 is 1.10 bits per heavy atom. The van der Waals surface area contributed by atoms with Gasteiger partial charge >= 0.3 is 0 Å². The van der Waals surface area contributed by atoms with E-state index >= 15 is 0 Å². The molecule has 0 bridgehead atoms. The molecule has 1 aliphatic heterocycles. The van der Waals surface area contributed by atoms with Crippen molar-refractivity contribution in [2.24, 2.45) is 4.99 Å². The Kier molecular flexibility index (Phi) is 6.02. The molecule has 158 valence electrons. The van der Waals surface area contributed by atoms with Crippen molar-refractivity contribution in [2.45, 2.75) is 44.2 Å². The Bertz CT molecular complexity index is 921. The van der Waals surface area contributed by atoms with Crippen LogP contribution in [0, 0.1) is 5.82 Å². The predicted molar refractivity (Wildman–Crippen MR) is 117 cm³/mol. The van der Waals surface area contributed by atoms with E-state index in [-0.39, 0.29) is 17.1 Å². The van der Waals surface area contributed by atoms with Gasteiger partial charge in [0.25, 0.3) is 0 Å².